The van der Waals surface area contributed by atoms with E-state index in [2.05, 4.69) is 21.2 Å². The summed E-state index contributed by atoms with van der Waals surface area (Å²) in [5.41, 5.74) is 6.75. The van der Waals surface area contributed by atoms with Gasteiger partial charge in [0.2, 0.25) is 5.91 Å². The number of rotatable bonds is 5. The predicted molar refractivity (Wildman–Crippen MR) is 81.0 cm³/mol. The summed E-state index contributed by atoms with van der Waals surface area (Å²) >= 11 is 3.43. The molecule has 19 heavy (non-hydrogen) atoms. The van der Waals surface area contributed by atoms with E-state index in [1.54, 1.807) is 0 Å². The SMILES string of the molecule is NCC(CC(=O)N1CCCC1)Nc1cccc(Br)c1. The molecule has 1 aromatic carbocycles. The Morgan fingerprint density at radius 1 is 1.42 bits per heavy atom. The van der Waals surface area contributed by atoms with Gasteiger partial charge in [-0.1, -0.05) is 22.0 Å². The summed E-state index contributed by atoms with van der Waals surface area (Å²) in [6.45, 7) is 2.24. The lowest BCUT2D eigenvalue weighted by Crippen LogP contribution is -2.37. The number of hydrogen-bond donors (Lipinski definition) is 2. The van der Waals surface area contributed by atoms with Crippen LogP contribution >= 0.6 is 15.9 Å². The van der Waals surface area contributed by atoms with Crippen LogP contribution in [0.1, 0.15) is 19.3 Å². The second-order valence-corrected chi connectivity index (χ2v) is 5.80. The molecule has 104 valence electrons. The number of nitrogens with one attached hydrogen (secondary N) is 1. The van der Waals surface area contributed by atoms with Crippen molar-refractivity contribution in [3.8, 4) is 0 Å². The molecule has 1 aromatic rings. The Morgan fingerprint density at radius 3 is 2.79 bits per heavy atom. The number of carbonyl (C=O) groups is 1. The fraction of sp³-hybridized carbons (Fsp3) is 0.500. The first-order chi connectivity index (χ1) is 9.19. The van der Waals surface area contributed by atoms with E-state index in [0.29, 0.717) is 13.0 Å². The molecule has 1 amide bonds. The summed E-state index contributed by atoms with van der Waals surface area (Å²) < 4.78 is 1.01. The summed E-state index contributed by atoms with van der Waals surface area (Å²) in [5.74, 6) is 0.204. The fourth-order valence-corrected chi connectivity index (χ4v) is 2.71. The van der Waals surface area contributed by atoms with E-state index >= 15 is 0 Å². The monoisotopic (exact) mass is 325 g/mol. The lowest BCUT2D eigenvalue weighted by atomic mass is 10.1. The van der Waals surface area contributed by atoms with Crippen molar-refractivity contribution < 1.29 is 4.79 Å². The van der Waals surface area contributed by atoms with Crippen molar-refractivity contribution in [3.63, 3.8) is 0 Å². The highest BCUT2D eigenvalue weighted by atomic mass is 79.9. The minimum atomic E-state index is -0.0117. The molecule has 5 heteroatoms. The van der Waals surface area contributed by atoms with Crippen LogP contribution in [0.2, 0.25) is 0 Å². The van der Waals surface area contributed by atoms with Crippen molar-refractivity contribution >= 4 is 27.5 Å². The van der Waals surface area contributed by atoms with Gasteiger partial charge in [0, 0.05) is 42.3 Å². The van der Waals surface area contributed by atoms with E-state index < -0.39 is 0 Å². The highest BCUT2D eigenvalue weighted by molar-refractivity contribution is 9.10. The molecule has 0 saturated carbocycles. The summed E-state index contributed by atoms with van der Waals surface area (Å²) in [6, 6.07) is 7.89. The Hall–Kier alpha value is -1.07. The van der Waals surface area contributed by atoms with Gasteiger partial charge in [0.25, 0.3) is 0 Å². The van der Waals surface area contributed by atoms with Gasteiger partial charge in [-0.15, -0.1) is 0 Å². The molecular weight excluding hydrogens is 306 g/mol. The van der Waals surface area contributed by atoms with Gasteiger partial charge in [0.05, 0.1) is 0 Å². The number of anilines is 1. The Balaban J connectivity index is 1.90. The normalized spacial score (nSPS) is 16.4. The second-order valence-electron chi connectivity index (χ2n) is 4.88. The van der Waals surface area contributed by atoms with Gasteiger partial charge in [-0.2, -0.15) is 0 Å². The van der Waals surface area contributed by atoms with Gasteiger partial charge in [-0.05, 0) is 31.0 Å². The van der Waals surface area contributed by atoms with Crippen LogP contribution in [0, 0.1) is 0 Å². The maximum absolute atomic E-state index is 12.1. The molecule has 1 saturated heterocycles. The van der Waals surface area contributed by atoms with Crippen molar-refractivity contribution in [3.05, 3.63) is 28.7 Å². The molecule has 1 heterocycles. The Kier molecular flexibility index (Phi) is 5.22. The first kappa shape index (κ1) is 14.3. The highest BCUT2D eigenvalue weighted by Gasteiger charge is 2.21. The molecule has 0 radical (unpaired) electrons. The van der Waals surface area contributed by atoms with Crippen LogP contribution in [0.25, 0.3) is 0 Å². The molecule has 0 aromatic heterocycles. The van der Waals surface area contributed by atoms with Crippen molar-refractivity contribution in [2.75, 3.05) is 25.0 Å². The van der Waals surface area contributed by atoms with E-state index in [1.165, 1.54) is 0 Å². The maximum Gasteiger partial charge on any atom is 0.224 e. The Morgan fingerprint density at radius 2 is 2.16 bits per heavy atom. The van der Waals surface area contributed by atoms with Gasteiger partial charge in [0.15, 0.2) is 0 Å². The number of nitrogens with two attached hydrogens (primary N) is 1. The molecule has 0 aliphatic carbocycles. The number of benzene rings is 1. The lowest BCUT2D eigenvalue weighted by molar-refractivity contribution is -0.130. The molecule has 3 N–H and O–H groups in total. The first-order valence-corrected chi connectivity index (χ1v) is 7.48. The zero-order chi connectivity index (χ0) is 13.7. The van der Waals surface area contributed by atoms with E-state index in [9.17, 15) is 4.79 Å². The average molecular weight is 326 g/mol. The third-order valence-electron chi connectivity index (χ3n) is 3.36. The van der Waals surface area contributed by atoms with Crippen molar-refractivity contribution in [1.82, 2.24) is 4.90 Å². The highest BCUT2D eigenvalue weighted by Crippen LogP contribution is 2.17. The predicted octanol–water partition coefficient (Wildman–Crippen LogP) is 2.20. The summed E-state index contributed by atoms with van der Waals surface area (Å²) in [7, 11) is 0. The molecule has 1 aliphatic heterocycles. The average Bonchev–Trinajstić information content (AvgIpc) is 2.92. The molecule has 1 fully saturated rings. The zero-order valence-corrected chi connectivity index (χ0v) is 12.5. The van der Waals surface area contributed by atoms with Crippen LogP contribution in [0.5, 0.6) is 0 Å². The first-order valence-electron chi connectivity index (χ1n) is 6.69. The summed E-state index contributed by atoms with van der Waals surface area (Å²) in [4.78, 5) is 14.0. The molecule has 0 spiro atoms. The minimum absolute atomic E-state index is 0.0117. The molecule has 2 rings (SSSR count). The Labute approximate surface area is 122 Å². The topological polar surface area (TPSA) is 58.4 Å². The smallest absolute Gasteiger partial charge is 0.224 e. The van der Waals surface area contributed by atoms with Crippen LogP contribution in [0.15, 0.2) is 28.7 Å². The summed E-state index contributed by atoms with van der Waals surface area (Å²) in [6.07, 6.45) is 2.71. The second kappa shape index (κ2) is 6.91. The largest absolute Gasteiger partial charge is 0.380 e. The number of likely N-dealkylation sites (tertiary alicyclic amines) is 1. The summed E-state index contributed by atoms with van der Waals surface area (Å²) in [5, 5.41) is 3.32. The standard InChI is InChI=1S/C14H20BrN3O/c15-11-4-3-5-12(8-11)17-13(10-16)9-14(19)18-6-1-2-7-18/h3-5,8,13,17H,1-2,6-7,9-10,16H2. The molecule has 4 nitrogen and oxygen atoms in total. The van der Waals surface area contributed by atoms with Gasteiger partial charge >= 0.3 is 0 Å². The molecular formula is C14H20BrN3O. The number of hydrogen-bond acceptors (Lipinski definition) is 3. The maximum atomic E-state index is 12.1. The van der Waals surface area contributed by atoms with Gasteiger partial charge in [0.1, 0.15) is 0 Å². The fourth-order valence-electron chi connectivity index (χ4n) is 2.31. The Bertz CT molecular complexity index is 432. The van der Waals surface area contributed by atoms with Crippen LogP contribution in [-0.4, -0.2) is 36.5 Å². The van der Waals surface area contributed by atoms with E-state index in [4.69, 9.17) is 5.73 Å². The van der Waals surface area contributed by atoms with Gasteiger partial charge in [-0.3, -0.25) is 4.79 Å². The van der Waals surface area contributed by atoms with Crippen LogP contribution in [0.4, 0.5) is 5.69 Å². The van der Waals surface area contributed by atoms with Crippen LogP contribution in [0.3, 0.4) is 0 Å². The van der Waals surface area contributed by atoms with Gasteiger partial charge < -0.3 is 16.0 Å². The minimum Gasteiger partial charge on any atom is -0.380 e. The van der Waals surface area contributed by atoms with Crippen molar-refractivity contribution in [2.45, 2.75) is 25.3 Å². The van der Waals surface area contributed by atoms with E-state index in [0.717, 1.165) is 36.1 Å². The number of nitrogens with zero attached hydrogens (tertiary/aromatic N) is 1. The van der Waals surface area contributed by atoms with Gasteiger partial charge in [-0.25, -0.2) is 0 Å². The third-order valence-corrected chi connectivity index (χ3v) is 3.85. The molecule has 1 aliphatic rings. The molecule has 1 unspecified atom stereocenters. The quantitative estimate of drug-likeness (QED) is 0.872. The van der Waals surface area contributed by atoms with E-state index in [-0.39, 0.29) is 11.9 Å². The lowest BCUT2D eigenvalue weighted by Gasteiger charge is -2.21. The molecule has 1 atom stereocenters. The van der Waals surface area contributed by atoms with Crippen molar-refractivity contribution in [1.29, 1.82) is 0 Å². The van der Waals surface area contributed by atoms with Crippen LogP contribution < -0.4 is 11.1 Å². The van der Waals surface area contributed by atoms with E-state index in [1.807, 2.05) is 29.2 Å². The third kappa shape index (κ3) is 4.21. The number of halogens is 1. The molecule has 0 bridgehead atoms. The van der Waals surface area contributed by atoms with Crippen molar-refractivity contribution in [2.24, 2.45) is 5.73 Å². The number of amides is 1. The van der Waals surface area contributed by atoms with Crippen LogP contribution in [-0.2, 0) is 4.79 Å². The zero-order valence-electron chi connectivity index (χ0n) is 10.9. The number of carbonyl (C=O) groups excluding carboxylic acids is 1.